The molecule has 0 spiro atoms. The van der Waals surface area contributed by atoms with Crippen molar-refractivity contribution in [1.82, 2.24) is 4.98 Å². The number of rotatable bonds is 5. The van der Waals surface area contributed by atoms with E-state index < -0.39 is 0 Å². The second-order valence-electron chi connectivity index (χ2n) is 4.31. The van der Waals surface area contributed by atoms with Gasteiger partial charge in [0.05, 0.1) is 17.9 Å². The van der Waals surface area contributed by atoms with Crippen molar-refractivity contribution in [1.29, 1.82) is 0 Å². The third-order valence-electron chi connectivity index (χ3n) is 2.64. The molecule has 0 saturated carbocycles. The number of hydrogen-bond acceptors (Lipinski definition) is 3. The first-order valence-electron chi connectivity index (χ1n) is 6.45. The van der Waals surface area contributed by atoms with E-state index in [2.05, 4.69) is 26.2 Å². The number of carbonyl (C=O) groups excluding carboxylic acids is 1. The number of hydrogen-bond donors (Lipinski definition) is 1. The average molecular weight is 370 g/mol. The number of carbonyl (C=O) groups is 1. The number of halogens is 2. The van der Waals surface area contributed by atoms with Gasteiger partial charge in [-0.2, -0.15) is 0 Å². The van der Waals surface area contributed by atoms with E-state index in [9.17, 15) is 4.79 Å². The van der Waals surface area contributed by atoms with Crippen molar-refractivity contribution >= 4 is 39.1 Å². The minimum Gasteiger partial charge on any atom is -0.491 e. The lowest BCUT2D eigenvalue weighted by Crippen LogP contribution is -2.13. The van der Waals surface area contributed by atoms with Gasteiger partial charge in [-0.1, -0.05) is 18.5 Å². The zero-order valence-electron chi connectivity index (χ0n) is 11.4. The average Bonchev–Trinajstić information content (AvgIpc) is 2.47. The summed E-state index contributed by atoms with van der Waals surface area (Å²) in [5, 5.41) is 3.32. The van der Waals surface area contributed by atoms with E-state index in [-0.39, 0.29) is 5.91 Å². The lowest BCUT2D eigenvalue weighted by atomic mass is 10.2. The van der Waals surface area contributed by atoms with Crippen LogP contribution in [0.3, 0.4) is 0 Å². The van der Waals surface area contributed by atoms with Crippen LogP contribution in [0.15, 0.2) is 41.1 Å². The Morgan fingerprint density at radius 1 is 1.38 bits per heavy atom. The van der Waals surface area contributed by atoms with E-state index in [4.69, 9.17) is 16.3 Å². The lowest BCUT2D eigenvalue weighted by molar-refractivity contribution is 0.102. The maximum Gasteiger partial charge on any atom is 0.257 e. The highest BCUT2D eigenvalue weighted by Gasteiger charge is 2.11. The number of anilines is 1. The summed E-state index contributed by atoms with van der Waals surface area (Å²) in [7, 11) is 0. The summed E-state index contributed by atoms with van der Waals surface area (Å²) in [4.78, 5) is 16.2. The molecule has 1 amide bonds. The second-order valence-corrected chi connectivity index (χ2v) is 5.56. The van der Waals surface area contributed by atoms with Gasteiger partial charge >= 0.3 is 0 Å². The molecule has 0 aliphatic rings. The Morgan fingerprint density at radius 2 is 2.19 bits per heavy atom. The normalized spacial score (nSPS) is 10.2. The molecule has 21 heavy (non-hydrogen) atoms. The molecule has 0 bridgehead atoms. The summed E-state index contributed by atoms with van der Waals surface area (Å²) < 4.78 is 6.28. The first kappa shape index (κ1) is 15.8. The second kappa shape index (κ2) is 7.43. The lowest BCUT2D eigenvalue weighted by Gasteiger charge is -2.12. The minimum atomic E-state index is -0.265. The van der Waals surface area contributed by atoms with Crippen molar-refractivity contribution in [3.05, 3.63) is 51.7 Å². The van der Waals surface area contributed by atoms with Gasteiger partial charge in [-0.25, -0.2) is 4.98 Å². The molecule has 0 aliphatic heterocycles. The molecular formula is C15H14BrClN2O2. The molecule has 1 aromatic heterocycles. The quantitative estimate of drug-likeness (QED) is 0.787. The van der Waals surface area contributed by atoms with Gasteiger partial charge in [-0.05, 0) is 52.7 Å². The van der Waals surface area contributed by atoms with Crippen LogP contribution in [0.25, 0.3) is 0 Å². The number of nitrogens with one attached hydrogen (secondary N) is 1. The Morgan fingerprint density at radius 3 is 2.86 bits per heavy atom. The molecule has 0 fully saturated rings. The molecule has 0 atom stereocenters. The number of benzene rings is 1. The van der Waals surface area contributed by atoms with Crippen molar-refractivity contribution in [3.63, 3.8) is 0 Å². The predicted molar refractivity (Wildman–Crippen MR) is 87.1 cm³/mol. The maximum absolute atomic E-state index is 12.2. The van der Waals surface area contributed by atoms with Crippen molar-refractivity contribution in [2.45, 2.75) is 13.3 Å². The Bertz CT molecular complexity index is 632. The van der Waals surface area contributed by atoms with Crippen LogP contribution in [0.1, 0.15) is 23.7 Å². The summed E-state index contributed by atoms with van der Waals surface area (Å²) in [6.07, 6.45) is 2.38. The molecular weight excluding hydrogens is 356 g/mol. The van der Waals surface area contributed by atoms with Crippen LogP contribution in [0.4, 0.5) is 5.69 Å². The first-order valence-corrected chi connectivity index (χ1v) is 7.62. The van der Waals surface area contributed by atoms with Crippen molar-refractivity contribution in [3.8, 4) is 5.75 Å². The summed E-state index contributed by atoms with van der Waals surface area (Å²) in [6.45, 7) is 2.59. The molecule has 1 heterocycles. The highest BCUT2D eigenvalue weighted by atomic mass is 79.9. The Labute approximate surface area is 136 Å². The summed E-state index contributed by atoms with van der Waals surface area (Å²) in [5.74, 6) is 0.332. The van der Waals surface area contributed by atoms with E-state index in [0.717, 1.165) is 6.42 Å². The highest BCUT2D eigenvalue weighted by Crippen LogP contribution is 2.28. The maximum atomic E-state index is 12.2. The summed E-state index contributed by atoms with van der Waals surface area (Å²) in [5.41, 5.74) is 1.00. The van der Waals surface area contributed by atoms with Crippen LogP contribution in [-0.4, -0.2) is 17.5 Å². The Kier molecular flexibility index (Phi) is 5.59. The van der Waals surface area contributed by atoms with Gasteiger partial charge in [-0.3, -0.25) is 4.79 Å². The zero-order chi connectivity index (χ0) is 15.2. The standard InChI is InChI=1S/C15H14BrClN2O2/c1-2-7-21-13-5-4-11(17)8-12(13)19-15(20)10-3-6-14(16)18-9-10/h3-6,8-9H,2,7H2,1H3,(H,19,20). The first-order chi connectivity index (χ1) is 10.1. The van der Waals surface area contributed by atoms with Crippen LogP contribution in [0.5, 0.6) is 5.75 Å². The predicted octanol–water partition coefficient (Wildman–Crippen LogP) is 4.54. The van der Waals surface area contributed by atoms with Gasteiger partial charge in [0.1, 0.15) is 10.4 Å². The van der Waals surface area contributed by atoms with Crippen LogP contribution < -0.4 is 10.1 Å². The van der Waals surface area contributed by atoms with Crippen LogP contribution in [0.2, 0.25) is 5.02 Å². The molecule has 1 N–H and O–H groups in total. The van der Waals surface area contributed by atoms with E-state index in [0.29, 0.717) is 33.2 Å². The molecule has 1 aromatic carbocycles. The topological polar surface area (TPSA) is 51.2 Å². The summed E-state index contributed by atoms with van der Waals surface area (Å²) in [6, 6.07) is 8.53. The van der Waals surface area contributed by atoms with Crippen molar-refractivity contribution in [2.75, 3.05) is 11.9 Å². The largest absolute Gasteiger partial charge is 0.491 e. The third kappa shape index (κ3) is 4.44. The molecule has 0 radical (unpaired) electrons. The highest BCUT2D eigenvalue weighted by molar-refractivity contribution is 9.10. The fourth-order valence-electron chi connectivity index (χ4n) is 1.64. The van der Waals surface area contributed by atoms with Gasteiger partial charge in [0.25, 0.3) is 5.91 Å². The molecule has 0 saturated heterocycles. The van der Waals surface area contributed by atoms with Gasteiger partial charge < -0.3 is 10.1 Å². The smallest absolute Gasteiger partial charge is 0.257 e. The molecule has 0 aliphatic carbocycles. The van der Waals surface area contributed by atoms with E-state index >= 15 is 0 Å². The minimum absolute atomic E-state index is 0.265. The Balaban J connectivity index is 2.19. The molecule has 4 nitrogen and oxygen atoms in total. The fraction of sp³-hybridized carbons (Fsp3) is 0.200. The number of aromatic nitrogens is 1. The van der Waals surface area contributed by atoms with E-state index in [1.165, 1.54) is 6.20 Å². The molecule has 6 heteroatoms. The van der Waals surface area contributed by atoms with E-state index in [1.807, 2.05) is 6.92 Å². The Hall–Kier alpha value is -1.59. The molecule has 110 valence electrons. The fourth-order valence-corrected chi connectivity index (χ4v) is 2.05. The number of pyridine rings is 1. The number of ether oxygens (including phenoxy) is 1. The monoisotopic (exact) mass is 368 g/mol. The molecule has 2 aromatic rings. The van der Waals surface area contributed by atoms with Crippen LogP contribution in [-0.2, 0) is 0 Å². The van der Waals surface area contributed by atoms with Gasteiger partial charge in [0.15, 0.2) is 0 Å². The van der Waals surface area contributed by atoms with E-state index in [1.54, 1.807) is 30.3 Å². The summed E-state index contributed by atoms with van der Waals surface area (Å²) >= 11 is 9.21. The molecule has 0 unspecified atom stereocenters. The van der Waals surface area contributed by atoms with Gasteiger partial charge in [0.2, 0.25) is 0 Å². The SMILES string of the molecule is CCCOc1ccc(Cl)cc1NC(=O)c1ccc(Br)nc1. The number of nitrogens with zero attached hydrogens (tertiary/aromatic N) is 1. The van der Waals surface area contributed by atoms with Crippen molar-refractivity contribution in [2.24, 2.45) is 0 Å². The van der Waals surface area contributed by atoms with Crippen molar-refractivity contribution < 1.29 is 9.53 Å². The van der Waals surface area contributed by atoms with Crippen LogP contribution >= 0.6 is 27.5 Å². The third-order valence-corrected chi connectivity index (χ3v) is 3.35. The van der Waals surface area contributed by atoms with Crippen LogP contribution in [0, 0.1) is 0 Å². The molecule has 2 rings (SSSR count). The zero-order valence-corrected chi connectivity index (χ0v) is 13.7. The van der Waals surface area contributed by atoms with Gasteiger partial charge in [-0.15, -0.1) is 0 Å². The van der Waals surface area contributed by atoms with Gasteiger partial charge in [0, 0.05) is 11.2 Å². The number of amides is 1.